The lowest BCUT2D eigenvalue weighted by atomic mass is 9.89. The standard InChI is InChI=1S/C25H25N3O4/c1-25(19-10-7-16-4-2-5-18(16)14-19)23(31)28(24(32)26-25)15-21(29)17-8-11-20(12-9-17)27-13-3-6-22(27)30/h7-12,14H,2-6,13,15H2,1H3,(H,26,32)/t25-/m0/s1. The molecule has 1 aliphatic carbocycles. The van der Waals surface area contributed by atoms with Crippen LogP contribution in [0.2, 0.25) is 0 Å². The summed E-state index contributed by atoms with van der Waals surface area (Å²) in [6, 6.07) is 12.1. The van der Waals surface area contributed by atoms with Crippen LogP contribution in [0.15, 0.2) is 42.5 Å². The normalized spacial score (nSPS) is 22.5. The van der Waals surface area contributed by atoms with Crippen LogP contribution in [0, 0.1) is 0 Å². The Morgan fingerprint density at radius 2 is 1.72 bits per heavy atom. The number of nitrogens with zero attached hydrogens (tertiary/aromatic N) is 2. The molecule has 164 valence electrons. The summed E-state index contributed by atoms with van der Waals surface area (Å²) in [6.45, 7) is 2.04. The molecule has 7 heteroatoms. The molecule has 0 spiro atoms. The molecule has 0 saturated carbocycles. The van der Waals surface area contributed by atoms with E-state index < -0.39 is 17.5 Å². The van der Waals surface area contributed by atoms with Gasteiger partial charge in [0.15, 0.2) is 5.78 Å². The number of ketones is 1. The maximum atomic E-state index is 13.2. The Kier molecular flexibility index (Phi) is 4.84. The Morgan fingerprint density at radius 3 is 2.44 bits per heavy atom. The predicted octanol–water partition coefficient (Wildman–Crippen LogP) is 2.95. The molecule has 1 atom stereocenters. The highest BCUT2D eigenvalue weighted by Crippen LogP contribution is 2.32. The van der Waals surface area contributed by atoms with Crippen LogP contribution in [0.5, 0.6) is 0 Å². The Hall–Kier alpha value is -3.48. The smallest absolute Gasteiger partial charge is 0.319 e. The van der Waals surface area contributed by atoms with Crippen molar-refractivity contribution in [2.24, 2.45) is 0 Å². The number of hydrogen-bond acceptors (Lipinski definition) is 4. The van der Waals surface area contributed by atoms with Gasteiger partial charge in [-0.2, -0.15) is 0 Å². The molecule has 7 nitrogen and oxygen atoms in total. The van der Waals surface area contributed by atoms with Crippen molar-refractivity contribution in [2.75, 3.05) is 18.0 Å². The van der Waals surface area contributed by atoms with Crippen LogP contribution in [0.3, 0.4) is 0 Å². The molecular weight excluding hydrogens is 406 g/mol. The molecule has 2 aromatic carbocycles. The molecule has 0 radical (unpaired) electrons. The minimum atomic E-state index is -1.19. The van der Waals surface area contributed by atoms with Crippen LogP contribution in [-0.2, 0) is 28.0 Å². The van der Waals surface area contributed by atoms with Crippen molar-refractivity contribution in [3.8, 4) is 0 Å². The lowest BCUT2D eigenvalue weighted by Gasteiger charge is -2.23. The van der Waals surface area contributed by atoms with Gasteiger partial charge in [-0.1, -0.05) is 18.2 Å². The molecule has 1 N–H and O–H groups in total. The molecule has 3 aliphatic rings. The molecule has 0 aromatic heterocycles. The van der Waals surface area contributed by atoms with Crippen LogP contribution in [-0.4, -0.2) is 41.6 Å². The quantitative estimate of drug-likeness (QED) is 0.583. The van der Waals surface area contributed by atoms with Crippen molar-refractivity contribution in [1.82, 2.24) is 10.2 Å². The highest BCUT2D eigenvalue weighted by molar-refractivity contribution is 6.11. The van der Waals surface area contributed by atoms with Crippen molar-refractivity contribution in [3.05, 3.63) is 64.7 Å². The average molecular weight is 431 g/mol. The van der Waals surface area contributed by atoms with E-state index in [1.165, 1.54) is 11.1 Å². The van der Waals surface area contributed by atoms with Gasteiger partial charge in [-0.15, -0.1) is 0 Å². The van der Waals surface area contributed by atoms with Gasteiger partial charge < -0.3 is 10.2 Å². The number of urea groups is 1. The number of hydrogen-bond donors (Lipinski definition) is 1. The van der Waals surface area contributed by atoms with Gasteiger partial charge in [0.2, 0.25) is 5.91 Å². The molecule has 4 amide bonds. The highest BCUT2D eigenvalue weighted by atomic mass is 16.2. The molecule has 2 saturated heterocycles. The predicted molar refractivity (Wildman–Crippen MR) is 118 cm³/mol. The number of Topliss-reactive ketones (excluding diaryl/α,β-unsaturated/α-hetero) is 1. The van der Waals surface area contributed by atoms with Crippen molar-refractivity contribution < 1.29 is 19.2 Å². The number of imide groups is 1. The Morgan fingerprint density at radius 1 is 0.969 bits per heavy atom. The summed E-state index contributed by atoms with van der Waals surface area (Å²) >= 11 is 0. The molecule has 0 unspecified atom stereocenters. The van der Waals surface area contributed by atoms with Crippen molar-refractivity contribution in [1.29, 1.82) is 0 Å². The monoisotopic (exact) mass is 431 g/mol. The van der Waals surface area contributed by atoms with Crippen LogP contribution < -0.4 is 10.2 Å². The third-order valence-electron chi connectivity index (χ3n) is 6.83. The molecule has 2 aliphatic heterocycles. The van der Waals surface area contributed by atoms with Gasteiger partial charge in [0.25, 0.3) is 5.91 Å². The van der Waals surface area contributed by atoms with E-state index in [-0.39, 0.29) is 18.2 Å². The summed E-state index contributed by atoms with van der Waals surface area (Å²) in [4.78, 5) is 53.3. The summed E-state index contributed by atoms with van der Waals surface area (Å²) in [7, 11) is 0. The number of anilines is 1. The number of nitrogens with one attached hydrogen (secondary N) is 1. The van der Waals surface area contributed by atoms with E-state index in [9.17, 15) is 19.2 Å². The van der Waals surface area contributed by atoms with E-state index >= 15 is 0 Å². The fraction of sp³-hybridized carbons (Fsp3) is 0.360. The van der Waals surface area contributed by atoms with E-state index in [2.05, 4.69) is 5.32 Å². The zero-order valence-electron chi connectivity index (χ0n) is 18.0. The topological polar surface area (TPSA) is 86.8 Å². The number of rotatable bonds is 5. The number of fused-ring (bicyclic) bond motifs is 1. The first kappa shape index (κ1) is 20.4. The van der Waals surface area contributed by atoms with Crippen LogP contribution in [0.25, 0.3) is 0 Å². The maximum Gasteiger partial charge on any atom is 0.325 e. The van der Waals surface area contributed by atoms with Gasteiger partial charge >= 0.3 is 6.03 Å². The number of carbonyl (C=O) groups excluding carboxylic acids is 4. The molecular formula is C25H25N3O4. The van der Waals surface area contributed by atoms with E-state index in [0.29, 0.717) is 18.5 Å². The van der Waals surface area contributed by atoms with Crippen molar-refractivity contribution in [3.63, 3.8) is 0 Å². The Balaban J connectivity index is 1.32. The number of aryl methyl sites for hydroxylation is 2. The SMILES string of the molecule is C[C@@]1(c2ccc3c(c2)CCC3)NC(=O)N(CC(=O)c2ccc(N3CCCC3=O)cc2)C1=O. The summed E-state index contributed by atoms with van der Waals surface area (Å²) < 4.78 is 0. The summed E-state index contributed by atoms with van der Waals surface area (Å²) in [5.74, 6) is -0.673. The molecule has 0 bridgehead atoms. The minimum Gasteiger partial charge on any atom is -0.319 e. The Bertz CT molecular complexity index is 1140. The third-order valence-corrected chi connectivity index (χ3v) is 6.83. The molecule has 2 aromatic rings. The van der Waals surface area contributed by atoms with Gasteiger partial charge in [-0.3, -0.25) is 19.3 Å². The third kappa shape index (κ3) is 3.28. The Labute approximate surface area is 186 Å². The maximum absolute atomic E-state index is 13.2. The highest BCUT2D eigenvalue weighted by Gasteiger charge is 2.49. The summed E-state index contributed by atoms with van der Waals surface area (Å²) in [6.07, 6.45) is 4.48. The fourth-order valence-electron chi connectivity index (χ4n) is 4.90. The van der Waals surface area contributed by atoms with E-state index in [4.69, 9.17) is 0 Å². The molecule has 5 rings (SSSR count). The second-order valence-corrected chi connectivity index (χ2v) is 8.90. The van der Waals surface area contributed by atoms with Crippen LogP contribution in [0.4, 0.5) is 10.5 Å². The zero-order chi connectivity index (χ0) is 22.5. The molecule has 2 heterocycles. The molecule has 32 heavy (non-hydrogen) atoms. The number of benzene rings is 2. The minimum absolute atomic E-state index is 0.0780. The van der Waals surface area contributed by atoms with Crippen LogP contribution >= 0.6 is 0 Å². The first-order valence-corrected chi connectivity index (χ1v) is 11.1. The average Bonchev–Trinajstić information content (AvgIpc) is 3.49. The van der Waals surface area contributed by atoms with Gasteiger partial charge in [-0.05, 0) is 73.6 Å². The van der Waals surface area contributed by atoms with Crippen molar-refractivity contribution >= 4 is 29.3 Å². The zero-order valence-corrected chi connectivity index (χ0v) is 18.0. The number of carbonyl (C=O) groups is 4. The van der Waals surface area contributed by atoms with Gasteiger partial charge in [-0.25, -0.2) is 4.79 Å². The first-order valence-electron chi connectivity index (χ1n) is 11.1. The van der Waals surface area contributed by atoms with Gasteiger partial charge in [0, 0.05) is 24.2 Å². The lowest BCUT2D eigenvalue weighted by Crippen LogP contribution is -2.41. The van der Waals surface area contributed by atoms with Gasteiger partial charge in [0.05, 0.1) is 6.54 Å². The lowest BCUT2D eigenvalue weighted by molar-refractivity contribution is -0.130. The fourth-order valence-corrected chi connectivity index (χ4v) is 4.90. The van der Waals surface area contributed by atoms with Crippen molar-refractivity contribution in [2.45, 2.75) is 44.6 Å². The van der Waals surface area contributed by atoms with E-state index in [1.807, 2.05) is 18.2 Å². The van der Waals surface area contributed by atoms with E-state index in [1.54, 1.807) is 36.1 Å². The second-order valence-electron chi connectivity index (χ2n) is 8.90. The second kappa shape index (κ2) is 7.58. The van der Waals surface area contributed by atoms with Gasteiger partial charge in [0.1, 0.15) is 5.54 Å². The number of amides is 4. The van der Waals surface area contributed by atoms with E-state index in [0.717, 1.165) is 41.8 Å². The first-order chi connectivity index (χ1) is 15.4. The van der Waals surface area contributed by atoms with Crippen LogP contribution in [0.1, 0.15) is 53.2 Å². The summed E-state index contributed by atoms with van der Waals surface area (Å²) in [5.41, 5.74) is 3.22. The largest absolute Gasteiger partial charge is 0.325 e. The summed E-state index contributed by atoms with van der Waals surface area (Å²) in [5, 5.41) is 2.79. The molecule has 2 fully saturated rings.